The average molecular weight is 287 g/mol. The lowest BCUT2D eigenvalue weighted by atomic mass is 10.0. The fourth-order valence-corrected chi connectivity index (χ4v) is 3.04. The fourth-order valence-electron chi connectivity index (χ4n) is 2.77. The molecule has 0 bridgehead atoms. The Bertz CT molecular complexity index is 579. The lowest BCUT2D eigenvalue weighted by Gasteiger charge is -2.14. The molecule has 104 valence electrons. The van der Waals surface area contributed by atoms with Crippen LogP contribution in [0.15, 0.2) is 48.5 Å². The SMILES string of the molecule is Cc1ccc2c(c1)CC(CCC(Cl)c1ccccc1)O2. The monoisotopic (exact) mass is 286 g/mol. The van der Waals surface area contributed by atoms with Gasteiger partial charge in [-0.15, -0.1) is 11.6 Å². The van der Waals surface area contributed by atoms with Crippen LogP contribution in [0.1, 0.15) is 34.9 Å². The number of hydrogen-bond donors (Lipinski definition) is 0. The van der Waals surface area contributed by atoms with Crippen molar-refractivity contribution in [2.24, 2.45) is 0 Å². The highest BCUT2D eigenvalue weighted by molar-refractivity contribution is 6.20. The van der Waals surface area contributed by atoms with E-state index >= 15 is 0 Å². The van der Waals surface area contributed by atoms with Crippen LogP contribution in [0, 0.1) is 6.92 Å². The summed E-state index contributed by atoms with van der Waals surface area (Å²) in [4.78, 5) is 0. The molecule has 2 atom stereocenters. The van der Waals surface area contributed by atoms with Crippen LogP contribution < -0.4 is 4.74 Å². The van der Waals surface area contributed by atoms with Crippen LogP contribution in [0.4, 0.5) is 0 Å². The molecule has 2 unspecified atom stereocenters. The zero-order valence-corrected chi connectivity index (χ0v) is 12.4. The third-order valence-corrected chi connectivity index (χ3v) is 4.33. The molecule has 0 saturated heterocycles. The van der Waals surface area contributed by atoms with Gasteiger partial charge in [-0.25, -0.2) is 0 Å². The second-order valence-corrected chi connectivity index (χ2v) is 6.04. The average Bonchev–Trinajstić information content (AvgIpc) is 2.87. The van der Waals surface area contributed by atoms with E-state index in [9.17, 15) is 0 Å². The Kier molecular flexibility index (Phi) is 3.98. The quantitative estimate of drug-likeness (QED) is 0.714. The van der Waals surface area contributed by atoms with Crippen molar-refractivity contribution in [1.82, 2.24) is 0 Å². The first-order valence-corrected chi connectivity index (χ1v) is 7.61. The Morgan fingerprint density at radius 1 is 1.20 bits per heavy atom. The molecular weight excluding hydrogens is 268 g/mol. The Morgan fingerprint density at radius 2 is 2.00 bits per heavy atom. The van der Waals surface area contributed by atoms with Gasteiger partial charge in [0.25, 0.3) is 0 Å². The molecule has 1 nitrogen and oxygen atoms in total. The van der Waals surface area contributed by atoms with Crippen molar-refractivity contribution in [2.45, 2.75) is 37.7 Å². The zero-order valence-electron chi connectivity index (χ0n) is 11.7. The van der Waals surface area contributed by atoms with Gasteiger partial charge in [0.1, 0.15) is 11.9 Å². The molecule has 2 heteroatoms. The largest absolute Gasteiger partial charge is 0.490 e. The van der Waals surface area contributed by atoms with Gasteiger partial charge in [-0.2, -0.15) is 0 Å². The number of alkyl halides is 1. The highest BCUT2D eigenvalue weighted by Gasteiger charge is 2.23. The molecule has 0 spiro atoms. The first kappa shape index (κ1) is 13.5. The Morgan fingerprint density at radius 3 is 2.80 bits per heavy atom. The molecule has 0 aliphatic carbocycles. The van der Waals surface area contributed by atoms with E-state index in [1.54, 1.807) is 0 Å². The van der Waals surface area contributed by atoms with Crippen molar-refractivity contribution >= 4 is 11.6 Å². The van der Waals surface area contributed by atoms with E-state index in [0.29, 0.717) is 0 Å². The standard InChI is InChI=1S/C18H19ClO/c1-13-7-10-18-15(11-13)12-16(20-18)8-9-17(19)14-5-3-2-4-6-14/h2-7,10-11,16-17H,8-9,12H2,1H3. The normalized spacial score (nSPS) is 18.4. The number of aryl methyl sites for hydroxylation is 1. The molecule has 1 aliphatic rings. The minimum absolute atomic E-state index is 0.0743. The fraction of sp³-hybridized carbons (Fsp3) is 0.333. The first-order valence-electron chi connectivity index (χ1n) is 7.17. The molecule has 1 heterocycles. The number of ether oxygens (including phenoxy) is 1. The number of hydrogen-bond acceptors (Lipinski definition) is 1. The van der Waals surface area contributed by atoms with Gasteiger partial charge >= 0.3 is 0 Å². The van der Waals surface area contributed by atoms with E-state index in [1.807, 2.05) is 18.2 Å². The number of rotatable bonds is 4. The molecular formula is C18H19ClO. The van der Waals surface area contributed by atoms with E-state index in [0.717, 1.165) is 25.0 Å². The highest BCUT2D eigenvalue weighted by atomic mass is 35.5. The van der Waals surface area contributed by atoms with Crippen LogP contribution in [0.3, 0.4) is 0 Å². The van der Waals surface area contributed by atoms with Crippen LogP contribution in [0.5, 0.6) is 5.75 Å². The molecule has 0 radical (unpaired) electrons. The summed E-state index contributed by atoms with van der Waals surface area (Å²) < 4.78 is 5.99. The van der Waals surface area contributed by atoms with Gasteiger partial charge in [-0.3, -0.25) is 0 Å². The van der Waals surface area contributed by atoms with E-state index in [1.165, 1.54) is 16.7 Å². The summed E-state index contributed by atoms with van der Waals surface area (Å²) in [5.74, 6) is 1.05. The van der Waals surface area contributed by atoms with Crippen molar-refractivity contribution in [3.8, 4) is 5.75 Å². The minimum atomic E-state index is 0.0743. The molecule has 0 aromatic heterocycles. The summed E-state index contributed by atoms with van der Waals surface area (Å²) in [6, 6.07) is 16.7. The third kappa shape index (κ3) is 2.99. The van der Waals surface area contributed by atoms with Crippen LogP contribution in [0.25, 0.3) is 0 Å². The van der Waals surface area contributed by atoms with Gasteiger partial charge in [-0.05, 0) is 37.0 Å². The highest BCUT2D eigenvalue weighted by Crippen LogP contribution is 2.33. The molecule has 0 fully saturated rings. The second kappa shape index (κ2) is 5.88. The summed E-state index contributed by atoms with van der Waals surface area (Å²) >= 11 is 6.47. The van der Waals surface area contributed by atoms with Crippen LogP contribution in [0.2, 0.25) is 0 Å². The third-order valence-electron chi connectivity index (χ3n) is 3.86. The lowest BCUT2D eigenvalue weighted by molar-refractivity contribution is 0.217. The summed E-state index contributed by atoms with van der Waals surface area (Å²) in [6.45, 7) is 2.12. The van der Waals surface area contributed by atoms with Gasteiger partial charge in [0.15, 0.2) is 0 Å². The molecule has 2 aromatic carbocycles. The van der Waals surface area contributed by atoms with E-state index in [-0.39, 0.29) is 11.5 Å². The summed E-state index contributed by atoms with van der Waals surface area (Å²) in [6.07, 6.45) is 3.23. The van der Waals surface area contributed by atoms with E-state index in [2.05, 4.69) is 37.3 Å². The van der Waals surface area contributed by atoms with Crippen molar-refractivity contribution in [3.63, 3.8) is 0 Å². The first-order chi connectivity index (χ1) is 9.72. The minimum Gasteiger partial charge on any atom is -0.490 e. The van der Waals surface area contributed by atoms with Gasteiger partial charge < -0.3 is 4.74 Å². The number of fused-ring (bicyclic) bond motifs is 1. The van der Waals surface area contributed by atoms with Crippen LogP contribution in [-0.2, 0) is 6.42 Å². The maximum absolute atomic E-state index is 6.47. The molecule has 20 heavy (non-hydrogen) atoms. The Labute approximate surface area is 125 Å². The van der Waals surface area contributed by atoms with Crippen molar-refractivity contribution < 1.29 is 4.74 Å². The Hall–Kier alpha value is -1.47. The second-order valence-electron chi connectivity index (χ2n) is 5.51. The van der Waals surface area contributed by atoms with Gasteiger partial charge in [0, 0.05) is 6.42 Å². The summed E-state index contributed by atoms with van der Waals surface area (Å²) in [7, 11) is 0. The maximum atomic E-state index is 6.47. The number of benzene rings is 2. The zero-order chi connectivity index (χ0) is 13.9. The predicted octanol–water partition coefficient (Wildman–Crippen LogP) is 5.06. The smallest absolute Gasteiger partial charge is 0.123 e. The summed E-state index contributed by atoms with van der Waals surface area (Å²) in [5, 5.41) is 0.0743. The van der Waals surface area contributed by atoms with Gasteiger partial charge in [0.2, 0.25) is 0 Å². The maximum Gasteiger partial charge on any atom is 0.123 e. The molecule has 0 N–H and O–H groups in total. The summed E-state index contributed by atoms with van der Waals surface area (Å²) in [5.41, 5.74) is 3.83. The van der Waals surface area contributed by atoms with Crippen LogP contribution >= 0.6 is 11.6 Å². The molecule has 2 aromatic rings. The predicted molar refractivity (Wildman–Crippen MR) is 83.6 cm³/mol. The van der Waals surface area contributed by atoms with Crippen molar-refractivity contribution in [2.75, 3.05) is 0 Å². The van der Waals surface area contributed by atoms with Gasteiger partial charge in [-0.1, -0.05) is 48.0 Å². The molecule has 0 amide bonds. The molecule has 1 aliphatic heterocycles. The lowest BCUT2D eigenvalue weighted by Crippen LogP contribution is -2.13. The van der Waals surface area contributed by atoms with Gasteiger partial charge in [0.05, 0.1) is 5.38 Å². The van der Waals surface area contributed by atoms with E-state index < -0.39 is 0 Å². The van der Waals surface area contributed by atoms with Crippen LogP contribution in [-0.4, -0.2) is 6.10 Å². The van der Waals surface area contributed by atoms with Crippen molar-refractivity contribution in [3.05, 3.63) is 65.2 Å². The molecule has 0 saturated carbocycles. The molecule has 3 rings (SSSR count). The van der Waals surface area contributed by atoms with E-state index in [4.69, 9.17) is 16.3 Å². The Balaban J connectivity index is 1.56. The topological polar surface area (TPSA) is 9.23 Å². The van der Waals surface area contributed by atoms with Crippen molar-refractivity contribution in [1.29, 1.82) is 0 Å². The number of halogens is 1.